The van der Waals surface area contributed by atoms with E-state index < -0.39 is 18.4 Å². The molecule has 0 aliphatic heterocycles. The molecule has 0 aliphatic carbocycles. The van der Waals surface area contributed by atoms with Gasteiger partial charge in [0.15, 0.2) is 0 Å². The molecule has 1 aromatic rings. The minimum Gasteiger partial charge on any atom is -0.373 e. The fourth-order valence-corrected chi connectivity index (χ4v) is 0.962. The minimum atomic E-state index is -0.569. The van der Waals surface area contributed by atoms with Crippen molar-refractivity contribution in [1.29, 1.82) is 0 Å². The van der Waals surface area contributed by atoms with Gasteiger partial charge < -0.3 is 5.32 Å². The molecule has 0 amide bonds. The van der Waals surface area contributed by atoms with E-state index in [2.05, 4.69) is 10.3 Å². The molecule has 1 heterocycles. The fraction of sp³-hybridized carbons (Fsp3) is 0.500. The van der Waals surface area contributed by atoms with Gasteiger partial charge in [0.25, 0.3) is 0 Å². The molecule has 0 spiro atoms. The molecule has 0 bridgehead atoms. The molecule has 1 atom stereocenters. The molecule has 1 rings (SSSR count). The van der Waals surface area contributed by atoms with Gasteiger partial charge in [-0.05, 0) is 13.0 Å². The van der Waals surface area contributed by atoms with Crippen molar-refractivity contribution in [3.8, 4) is 0 Å². The van der Waals surface area contributed by atoms with Crippen LogP contribution >= 0.6 is 0 Å². The van der Waals surface area contributed by atoms with Crippen LogP contribution in [-0.2, 0) is 0 Å². The van der Waals surface area contributed by atoms with Gasteiger partial charge in [0, 0.05) is 13.2 Å². The Balaban J connectivity index is 3.05. The van der Waals surface area contributed by atoms with E-state index in [1.165, 1.54) is 10.8 Å². The first-order valence-corrected chi connectivity index (χ1v) is 4.02. The fourth-order valence-electron chi connectivity index (χ4n) is 0.962. The summed E-state index contributed by atoms with van der Waals surface area (Å²) in [5.74, 6) is 0.493. The zero-order chi connectivity index (χ0) is 9.84. The summed E-state index contributed by atoms with van der Waals surface area (Å²) < 4.78 is 13.5. The summed E-state index contributed by atoms with van der Waals surface area (Å²) in [6, 6.07) is 1.18. The van der Waals surface area contributed by atoms with Crippen LogP contribution in [0.4, 0.5) is 10.2 Å². The van der Waals surface area contributed by atoms with Crippen LogP contribution in [0, 0.1) is 0 Å². The van der Waals surface area contributed by atoms with Gasteiger partial charge in [0.1, 0.15) is 12.5 Å². The number of hydrogen-bond donors (Lipinski definition) is 1. The average molecular weight is 185 g/mol. The van der Waals surface area contributed by atoms with Gasteiger partial charge in [-0.2, -0.15) is 4.98 Å². The van der Waals surface area contributed by atoms with Crippen molar-refractivity contribution < 1.29 is 4.39 Å². The smallest absolute Gasteiger partial charge is 0.349 e. The van der Waals surface area contributed by atoms with Crippen molar-refractivity contribution in [2.45, 2.75) is 13.0 Å². The topological polar surface area (TPSA) is 46.9 Å². The lowest BCUT2D eigenvalue weighted by atomic mass is 10.4. The van der Waals surface area contributed by atoms with E-state index in [1.807, 2.05) is 0 Å². The molecule has 13 heavy (non-hydrogen) atoms. The van der Waals surface area contributed by atoms with E-state index in [0.29, 0.717) is 5.82 Å². The number of alkyl halides is 1. The standard InChI is InChI=1S/C8H12FN3O/c1-6(5-9)12-4-3-7(10-2)11-8(12)13/h3-4,6H,5H2,1-2H3,(H,10,11,13). The number of halogens is 1. The summed E-state index contributed by atoms with van der Waals surface area (Å²) in [6.07, 6.45) is 1.53. The molecule has 1 unspecified atom stereocenters. The van der Waals surface area contributed by atoms with Crippen molar-refractivity contribution in [2.24, 2.45) is 0 Å². The van der Waals surface area contributed by atoms with Crippen LogP contribution in [0.15, 0.2) is 17.1 Å². The first-order valence-electron chi connectivity index (χ1n) is 4.02. The maximum Gasteiger partial charge on any atom is 0.349 e. The zero-order valence-corrected chi connectivity index (χ0v) is 7.62. The molecular formula is C8H12FN3O. The Morgan fingerprint density at radius 3 is 2.92 bits per heavy atom. The lowest BCUT2D eigenvalue weighted by Gasteiger charge is -2.10. The Bertz CT molecular complexity index is 336. The summed E-state index contributed by atoms with van der Waals surface area (Å²) >= 11 is 0. The van der Waals surface area contributed by atoms with Crippen LogP contribution in [0.3, 0.4) is 0 Å². The monoisotopic (exact) mass is 185 g/mol. The van der Waals surface area contributed by atoms with Crippen LogP contribution in [0.25, 0.3) is 0 Å². The number of hydrogen-bond acceptors (Lipinski definition) is 3. The SMILES string of the molecule is CNc1ccn(C(C)CF)c(=O)n1. The van der Waals surface area contributed by atoms with Gasteiger partial charge in [-0.1, -0.05) is 0 Å². The average Bonchev–Trinajstić information content (AvgIpc) is 2.16. The molecule has 0 fully saturated rings. The maximum absolute atomic E-state index is 12.2. The Morgan fingerprint density at radius 1 is 1.77 bits per heavy atom. The van der Waals surface area contributed by atoms with Crippen LogP contribution in [0.2, 0.25) is 0 Å². The van der Waals surface area contributed by atoms with Gasteiger partial charge in [0.2, 0.25) is 0 Å². The van der Waals surface area contributed by atoms with E-state index in [0.717, 1.165) is 0 Å². The third-order valence-electron chi connectivity index (χ3n) is 1.78. The number of anilines is 1. The highest BCUT2D eigenvalue weighted by Crippen LogP contribution is 2.03. The summed E-state index contributed by atoms with van der Waals surface area (Å²) in [7, 11) is 1.67. The van der Waals surface area contributed by atoms with E-state index in [9.17, 15) is 9.18 Å². The van der Waals surface area contributed by atoms with E-state index >= 15 is 0 Å². The van der Waals surface area contributed by atoms with Crippen molar-refractivity contribution in [3.63, 3.8) is 0 Å². The molecule has 1 N–H and O–H groups in total. The van der Waals surface area contributed by atoms with Gasteiger partial charge >= 0.3 is 5.69 Å². The van der Waals surface area contributed by atoms with Gasteiger partial charge in [0.05, 0.1) is 6.04 Å². The second kappa shape index (κ2) is 4.02. The lowest BCUT2D eigenvalue weighted by Crippen LogP contribution is -2.26. The van der Waals surface area contributed by atoms with E-state index in [4.69, 9.17) is 0 Å². The predicted molar refractivity (Wildman–Crippen MR) is 48.7 cm³/mol. The number of nitrogens with one attached hydrogen (secondary N) is 1. The Morgan fingerprint density at radius 2 is 2.46 bits per heavy atom. The largest absolute Gasteiger partial charge is 0.373 e. The highest BCUT2D eigenvalue weighted by molar-refractivity contribution is 5.30. The second-order valence-corrected chi connectivity index (χ2v) is 2.76. The van der Waals surface area contributed by atoms with E-state index in [1.54, 1.807) is 20.0 Å². The zero-order valence-electron chi connectivity index (χ0n) is 7.62. The molecule has 4 nitrogen and oxygen atoms in total. The number of rotatable bonds is 3. The van der Waals surface area contributed by atoms with Crippen LogP contribution in [0.1, 0.15) is 13.0 Å². The molecule has 72 valence electrons. The maximum atomic E-state index is 12.2. The minimum absolute atomic E-state index is 0.433. The first kappa shape index (κ1) is 9.70. The van der Waals surface area contributed by atoms with E-state index in [-0.39, 0.29) is 0 Å². The normalized spacial score (nSPS) is 12.5. The van der Waals surface area contributed by atoms with Crippen LogP contribution < -0.4 is 11.0 Å². The Hall–Kier alpha value is -1.39. The molecule has 0 aromatic carbocycles. The third-order valence-corrected chi connectivity index (χ3v) is 1.78. The van der Waals surface area contributed by atoms with Crippen molar-refractivity contribution in [3.05, 3.63) is 22.7 Å². The first-order chi connectivity index (χ1) is 6.19. The molecular weight excluding hydrogens is 173 g/mol. The summed E-state index contributed by atoms with van der Waals surface area (Å²) in [4.78, 5) is 14.9. The molecule has 0 saturated heterocycles. The van der Waals surface area contributed by atoms with Crippen LogP contribution in [0.5, 0.6) is 0 Å². The predicted octanol–water partition coefficient (Wildman–Crippen LogP) is 0.815. The van der Waals surface area contributed by atoms with Crippen molar-refractivity contribution >= 4 is 5.82 Å². The highest BCUT2D eigenvalue weighted by atomic mass is 19.1. The lowest BCUT2D eigenvalue weighted by molar-refractivity contribution is 0.368. The summed E-state index contributed by atoms with van der Waals surface area (Å²) in [6.45, 7) is 1.06. The molecule has 5 heteroatoms. The third kappa shape index (κ3) is 2.05. The van der Waals surface area contributed by atoms with Gasteiger partial charge in [-0.3, -0.25) is 4.57 Å². The Labute approximate surface area is 75.4 Å². The Kier molecular flexibility index (Phi) is 3.00. The van der Waals surface area contributed by atoms with Gasteiger partial charge in [-0.25, -0.2) is 9.18 Å². The second-order valence-electron chi connectivity index (χ2n) is 2.76. The van der Waals surface area contributed by atoms with Crippen molar-refractivity contribution in [1.82, 2.24) is 9.55 Å². The molecule has 0 radical (unpaired) electrons. The quantitative estimate of drug-likeness (QED) is 0.758. The van der Waals surface area contributed by atoms with Crippen LogP contribution in [-0.4, -0.2) is 23.3 Å². The molecule has 1 aromatic heterocycles. The molecule has 0 saturated carbocycles. The summed E-state index contributed by atoms with van der Waals surface area (Å²) in [5, 5.41) is 2.73. The van der Waals surface area contributed by atoms with Crippen molar-refractivity contribution in [2.75, 3.05) is 19.0 Å². The van der Waals surface area contributed by atoms with Gasteiger partial charge in [-0.15, -0.1) is 0 Å². The summed E-state index contributed by atoms with van der Waals surface area (Å²) in [5.41, 5.74) is -0.433. The molecule has 0 aliphatic rings. The number of aromatic nitrogens is 2. The highest BCUT2D eigenvalue weighted by Gasteiger charge is 2.06. The number of nitrogens with zero attached hydrogens (tertiary/aromatic N) is 2.